The van der Waals surface area contributed by atoms with E-state index in [-0.39, 0.29) is 11.0 Å². The number of benzene rings is 1. The molecule has 86 valence electrons. The predicted octanol–water partition coefficient (Wildman–Crippen LogP) is 2.53. The molecule has 0 heterocycles. The minimum absolute atomic E-state index is 0.0905. The van der Waals surface area contributed by atoms with Crippen molar-refractivity contribution in [1.82, 2.24) is 0 Å². The summed E-state index contributed by atoms with van der Waals surface area (Å²) < 4.78 is 5.40. The van der Waals surface area contributed by atoms with Crippen molar-refractivity contribution >= 4 is 0 Å². The van der Waals surface area contributed by atoms with E-state index in [1.54, 1.807) is 7.11 Å². The van der Waals surface area contributed by atoms with Gasteiger partial charge in [-0.3, -0.25) is 0 Å². The van der Waals surface area contributed by atoms with E-state index >= 15 is 0 Å². The molecule has 2 nitrogen and oxygen atoms in total. The van der Waals surface area contributed by atoms with E-state index in [0.717, 1.165) is 5.75 Å². The molecule has 0 amide bonds. The van der Waals surface area contributed by atoms with Crippen LogP contribution in [0.2, 0.25) is 0 Å². The number of ether oxygens (including phenoxy) is 1. The van der Waals surface area contributed by atoms with E-state index in [1.165, 1.54) is 36.8 Å². The van der Waals surface area contributed by atoms with Crippen molar-refractivity contribution in [3.63, 3.8) is 0 Å². The van der Waals surface area contributed by atoms with Crippen LogP contribution in [0.1, 0.15) is 36.8 Å². The highest BCUT2D eigenvalue weighted by Gasteiger charge is 2.64. The van der Waals surface area contributed by atoms with Crippen molar-refractivity contribution in [3.05, 3.63) is 29.3 Å². The van der Waals surface area contributed by atoms with Gasteiger partial charge >= 0.3 is 0 Å². The fourth-order valence-electron chi connectivity index (χ4n) is 2.93. The molecule has 0 saturated heterocycles. The van der Waals surface area contributed by atoms with Crippen molar-refractivity contribution < 1.29 is 4.74 Å². The second-order valence-electron chi connectivity index (χ2n) is 5.42. The summed E-state index contributed by atoms with van der Waals surface area (Å²) in [6, 6.07) is 6.58. The first-order valence-corrected chi connectivity index (χ1v) is 6.05. The molecule has 2 N–H and O–H groups in total. The van der Waals surface area contributed by atoms with Crippen LogP contribution in [-0.2, 0) is 5.41 Å². The van der Waals surface area contributed by atoms with Crippen LogP contribution in [0.4, 0.5) is 0 Å². The molecule has 3 rings (SSSR count). The first kappa shape index (κ1) is 10.2. The molecule has 0 radical (unpaired) electrons. The first-order chi connectivity index (χ1) is 7.61. The molecule has 0 spiro atoms. The Labute approximate surface area is 96.8 Å². The molecule has 0 atom stereocenters. The van der Waals surface area contributed by atoms with Gasteiger partial charge in [0.15, 0.2) is 0 Å². The third-order valence-corrected chi connectivity index (χ3v) is 4.45. The summed E-state index contributed by atoms with van der Waals surface area (Å²) in [5.41, 5.74) is 9.35. The van der Waals surface area contributed by atoms with Gasteiger partial charge in [0.1, 0.15) is 5.75 Å². The molecule has 0 bridgehead atoms. The van der Waals surface area contributed by atoms with Crippen LogP contribution in [0.15, 0.2) is 18.2 Å². The number of hydrogen-bond acceptors (Lipinski definition) is 2. The fourth-order valence-corrected chi connectivity index (χ4v) is 2.93. The Kier molecular flexibility index (Phi) is 1.91. The molecule has 2 heteroatoms. The van der Waals surface area contributed by atoms with Gasteiger partial charge in [-0.15, -0.1) is 0 Å². The van der Waals surface area contributed by atoms with Gasteiger partial charge in [-0.05, 0) is 49.8 Å². The van der Waals surface area contributed by atoms with Gasteiger partial charge in [0.05, 0.1) is 7.11 Å². The normalized spacial score (nSPS) is 23.9. The molecule has 0 aromatic heterocycles. The Morgan fingerprint density at radius 3 is 2.38 bits per heavy atom. The summed E-state index contributed by atoms with van der Waals surface area (Å²) in [7, 11) is 1.74. The summed E-state index contributed by atoms with van der Waals surface area (Å²) in [5, 5.41) is 0. The van der Waals surface area contributed by atoms with E-state index in [2.05, 4.69) is 25.1 Å². The Morgan fingerprint density at radius 1 is 1.19 bits per heavy atom. The van der Waals surface area contributed by atoms with Crippen molar-refractivity contribution in [2.75, 3.05) is 7.11 Å². The molecule has 2 aliphatic rings. The van der Waals surface area contributed by atoms with Crippen LogP contribution < -0.4 is 10.5 Å². The average molecular weight is 217 g/mol. The summed E-state index contributed by atoms with van der Waals surface area (Å²) in [6.45, 7) is 2.08. The number of hydrogen-bond donors (Lipinski definition) is 1. The Bertz CT molecular complexity index is 430. The molecule has 2 saturated carbocycles. The molecular weight excluding hydrogens is 198 g/mol. The zero-order valence-corrected chi connectivity index (χ0v) is 10.0. The maximum atomic E-state index is 6.41. The minimum atomic E-state index is 0.0905. The number of rotatable bonds is 3. The Balaban J connectivity index is 2.01. The summed E-state index contributed by atoms with van der Waals surface area (Å²) in [4.78, 5) is 0. The van der Waals surface area contributed by atoms with Crippen LogP contribution in [-0.4, -0.2) is 12.6 Å². The van der Waals surface area contributed by atoms with E-state index < -0.39 is 0 Å². The molecule has 1 aromatic rings. The third-order valence-electron chi connectivity index (χ3n) is 4.45. The summed E-state index contributed by atoms with van der Waals surface area (Å²) in [5.74, 6) is 0.994. The molecule has 16 heavy (non-hydrogen) atoms. The van der Waals surface area contributed by atoms with E-state index in [0.29, 0.717) is 0 Å². The number of aryl methyl sites for hydroxylation is 1. The SMILES string of the molecule is COc1cc(C2(C3(N)CC3)CC2)ccc1C. The van der Waals surface area contributed by atoms with E-state index in [1.807, 2.05) is 0 Å². The van der Waals surface area contributed by atoms with E-state index in [9.17, 15) is 0 Å². The highest BCUT2D eigenvalue weighted by molar-refractivity contribution is 5.46. The number of methoxy groups -OCH3 is 1. The predicted molar refractivity (Wildman–Crippen MR) is 64.8 cm³/mol. The lowest BCUT2D eigenvalue weighted by molar-refractivity contribution is 0.409. The Hall–Kier alpha value is -1.02. The van der Waals surface area contributed by atoms with Crippen molar-refractivity contribution in [2.45, 2.75) is 43.6 Å². The maximum absolute atomic E-state index is 6.41. The quantitative estimate of drug-likeness (QED) is 0.844. The van der Waals surface area contributed by atoms with Gasteiger partial charge in [0, 0.05) is 11.0 Å². The first-order valence-electron chi connectivity index (χ1n) is 6.05. The summed E-state index contributed by atoms with van der Waals surface area (Å²) in [6.07, 6.45) is 4.86. The van der Waals surface area contributed by atoms with Crippen LogP contribution in [0.25, 0.3) is 0 Å². The van der Waals surface area contributed by atoms with Gasteiger partial charge in [-0.25, -0.2) is 0 Å². The molecule has 2 fully saturated rings. The Morgan fingerprint density at radius 2 is 1.88 bits per heavy atom. The molecular formula is C14H19NO. The van der Waals surface area contributed by atoms with Gasteiger partial charge in [0.25, 0.3) is 0 Å². The van der Waals surface area contributed by atoms with Crippen LogP contribution in [0, 0.1) is 6.92 Å². The lowest BCUT2D eigenvalue weighted by Crippen LogP contribution is -2.37. The minimum Gasteiger partial charge on any atom is -0.496 e. The van der Waals surface area contributed by atoms with Gasteiger partial charge < -0.3 is 10.5 Å². The zero-order chi connectivity index (χ0) is 11.4. The highest BCUT2D eigenvalue weighted by Crippen LogP contribution is 2.63. The summed E-state index contributed by atoms with van der Waals surface area (Å²) >= 11 is 0. The third kappa shape index (κ3) is 1.23. The smallest absolute Gasteiger partial charge is 0.122 e. The van der Waals surface area contributed by atoms with Gasteiger partial charge in [0.2, 0.25) is 0 Å². The largest absolute Gasteiger partial charge is 0.496 e. The molecule has 0 unspecified atom stereocenters. The van der Waals surface area contributed by atoms with Crippen molar-refractivity contribution in [2.24, 2.45) is 5.73 Å². The highest BCUT2D eigenvalue weighted by atomic mass is 16.5. The van der Waals surface area contributed by atoms with Crippen molar-refractivity contribution in [3.8, 4) is 5.75 Å². The van der Waals surface area contributed by atoms with E-state index in [4.69, 9.17) is 10.5 Å². The topological polar surface area (TPSA) is 35.2 Å². The zero-order valence-electron chi connectivity index (χ0n) is 10.0. The molecule has 1 aromatic carbocycles. The fraction of sp³-hybridized carbons (Fsp3) is 0.571. The average Bonchev–Trinajstić information content (AvgIpc) is 3.14. The van der Waals surface area contributed by atoms with Crippen LogP contribution in [0.3, 0.4) is 0 Å². The number of nitrogens with two attached hydrogens (primary N) is 1. The van der Waals surface area contributed by atoms with Crippen LogP contribution >= 0.6 is 0 Å². The maximum Gasteiger partial charge on any atom is 0.122 e. The lowest BCUT2D eigenvalue weighted by Gasteiger charge is -2.24. The van der Waals surface area contributed by atoms with Crippen LogP contribution in [0.5, 0.6) is 5.75 Å². The molecule has 2 aliphatic carbocycles. The second kappa shape index (κ2) is 3.01. The standard InChI is InChI=1S/C14H19NO/c1-10-3-4-11(9-12(10)16-2)13(5-6-13)14(15)7-8-14/h3-4,9H,5-8,15H2,1-2H3. The van der Waals surface area contributed by atoms with Gasteiger partial charge in [-0.1, -0.05) is 12.1 Å². The molecule has 0 aliphatic heterocycles. The van der Waals surface area contributed by atoms with Crippen molar-refractivity contribution in [1.29, 1.82) is 0 Å². The second-order valence-corrected chi connectivity index (χ2v) is 5.42. The monoisotopic (exact) mass is 217 g/mol. The lowest BCUT2D eigenvalue weighted by atomic mass is 9.85. The van der Waals surface area contributed by atoms with Gasteiger partial charge in [-0.2, -0.15) is 0 Å².